The summed E-state index contributed by atoms with van der Waals surface area (Å²) in [6.07, 6.45) is 1.17. The molecule has 1 aromatic rings. The van der Waals surface area contributed by atoms with Crippen LogP contribution in [0.4, 0.5) is 5.69 Å². The van der Waals surface area contributed by atoms with Crippen molar-refractivity contribution >= 4 is 5.69 Å². The van der Waals surface area contributed by atoms with Gasteiger partial charge in [0.2, 0.25) is 0 Å². The van der Waals surface area contributed by atoms with E-state index in [1.807, 2.05) is 0 Å². The first-order valence-corrected chi connectivity index (χ1v) is 5.45. The van der Waals surface area contributed by atoms with Crippen molar-refractivity contribution < 1.29 is 0 Å². The third-order valence-electron chi connectivity index (χ3n) is 3.79. The van der Waals surface area contributed by atoms with Crippen LogP contribution >= 0.6 is 0 Å². The summed E-state index contributed by atoms with van der Waals surface area (Å²) < 4.78 is 0. The zero-order valence-electron chi connectivity index (χ0n) is 9.52. The molecule has 14 heavy (non-hydrogen) atoms. The van der Waals surface area contributed by atoms with Crippen LogP contribution in [0.2, 0.25) is 0 Å². The molecule has 0 bridgehead atoms. The van der Waals surface area contributed by atoms with Crippen molar-refractivity contribution in [3.63, 3.8) is 0 Å². The van der Waals surface area contributed by atoms with Gasteiger partial charge in [0.25, 0.3) is 0 Å². The maximum Gasteiger partial charge on any atom is 0.0409 e. The number of benzene rings is 1. The summed E-state index contributed by atoms with van der Waals surface area (Å²) in [7, 11) is 0. The Morgan fingerprint density at radius 2 is 2.14 bits per heavy atom. The van der Waals surface area contributed by atoms with Crippen molar-refractivity contribution in [3.05, 3.63) is 29.3 Å². The second-order valence-electron chi connectivity index (χ2n) is 4.71. The fourth-order valence-electron chi connectivity index (χ4n) is 2.31. The van der Waals surface area contributed by atoms with E-state index in [0.717, 1.165) is 0 Å². The SMILES string of the molecule is CCC1(C)Nc2cc(C)ccc2C1C. The molecule has 2 unspecified atom stereocenters. The van der Waals surface area contributed by atoms with Crippen LogP contribution in [0, 0.1) is 6.92 Å². The Hall–Kier alpha value is -0.980. The van der Waals surface area contributed by atoms with E-state index in [-0.39, 0.29) is 5.54 Å². The Labute approximate surface area is 86.5 Å². The molecular weight excluding hydrogens is 170 g/mol. The molecule has 1 nitrogen and oxygen atoms in total. The number of fused-ring (bicyclic) bond motifs is 1. The molecule has 0 fully saturated rings. The standard InChI is InChI=1S/C13H19N/c1-5-13(4)10(3)11-7-6-9(2)8-12(11)14-13/h6-8,10,14H,5H2,1-4H3. The van der Waals surface area contributed by atoms with Crippen LogP contribution < -0.4 is 5.32 Å². The largest absolute Gasteiger partial charge is 0.379 e. The molecule has 0 saturated heterocycles. The molecule has 1 heterocycles. The Bertz CT molecular complexity index is 356. The monoisotopic (exact) mass is 189 g/mol. The smallest absolute Gasteiger partial charge is 0.0409 e. The summed E-state index contributed by atoms with van der Waals surface area (Å²) in [5, 5.41) is 3.65. The molecule has 0 aromatic heterocycles. The van der Waals surface area contributed by atoms with E-state index in [2.05, 4.69) is 51.2 Å². The first-order chi connectivity index (χ1) is 6.57. The van der Waals surface area contributed by atoms with Crippen LogP contribution in [0.25, 0.3) is 0 Å². The summed E-state index contributed by atoms with van der Waals surface area (Å²) in [5.74, 6) is 0.614. The predicted molar refractivity (Wildman–Crippen MR) is 61.9 cm³/mol. The molecule has 1 N–H and O–H groups in total. The van der Waals surface area contributed by atoms with Gasteiger partial charge in [-0.3, -0.25) is 0 Å². The van der Waals surface area contributed by atoms with E-state index >= 15 is 0 Å². The average Bonchev–Trinajstić information content (AvgIpc) is 2.40. The number of hydrogen-bond acceptors (Lipinski definition) is 1. The number of hydrogen-bond donors (Lipinski definition) is 1. The van der Waals surface area contributed by atoms with Gasteiger partial charge in [-0.25, -0.2) is 0 Å². The van der Waals surface area contributed by atoms with Gasteiger partial charge in [-0.2, -0.15) is 0 Å². The minimum Gasteiger partial charge on any atom is -0.379 e. The van der Waals surface area contributed by atoms with Gasteiger partial charge in [0.15, 0.2) is 0 Å². The third-order valence-corrected chi connectivity index (χ3v) is 3.79. The Morgan fingerprint density at radius 3 is 2.79 bits per heavy atom. The molecule has 2 atom stereocenters. The summed E-state index contributed by atoms with van der Waals surface area (Å²) in [6.45, 7) is 9.03. The maximum absolute atomic E-state index is 3.65. The summed E-state index contributed by atoms with van der Waals surface area (Å²) in [6, 6.07) is 6.73. The maximum atomic E-state index is 3.65. The summed E-state index contributed by atoms with van der Waals surface area (Å²) >= 11 is 0. The topological polar surface area (TPSA) is 12.0 Å². The zero-order chi connectivity index (χ0) is 10.3. The van der Waals surface area contributed by atoms with E-state index in [1.54, 1.807) is 0 Å². The molecule has 0 amide bonds. The van der Waals surface area contributed by atoms with Crippen molar-refractivity contribution in [1.29, 1.82) is 0 Å². The van der Waals surface area contributed by atoms with Gasteiger partial charge in [0, 0.05) is 17.1 Å². The second kappa shape index (κ2) is 3.01. The lowest BCUT2D eigenvalue weighted by Gasteiger charge is -2.28. The van der Waals surface area contributed by atoms with Crippen LogP contribution in [0.1, 0.15) is 44.2 Å². The Kier molecular flexibility index (Phi) is 2.06. The predicted octanol–water partition coefficient (Wildman–Crippen LogP) is 3.69. The minimum absolute atomic E-state index is 0.246. The Morgan fingerprint density at radius 1 is 1.43 bits per heavy atom. The quantitative estimate of drug-likeness (QED) is 0.710. The van der Waals surface area contributed by atoms with Gasteiger partial charge in [0.1, 0.15) is 0 Å². The van der Waals surface area contributed by atoms with Crippen LogP contribution in [0.5, 0.6) is 0 Å². The molecule has 0 saturated carbocycles. The number of anilines is 1. The second-order valence-corrected chi connectivity index (χ2v) is 4.71. The minimum atomic E-state index is 0.246. The molecule has 0 aliphatic carbocycles. The van der Waals surface area contributed by atoms with Crippen LogP contribution in [0.15, 0.2) is 18.2 Å². The fourth-order valence-corrected chi connectivity index (χ4v) is 2.31. The number of rotatable bonds is 1. The van der Waals surface area contributed by atoms with Crippen LogP contribution in [-0.4, -0.2) is 5.54 Å². The molecule has 1 aliphatic rings. The van der Waals surface area contributed by atoms with E-state index in [4.69, 9.17) is 0 Å². The highest BCUT2D eigenvalue weighted by Crippen LogP contribution is 2.44. The number of nitrogens with one attached hydrogen (secondary N) is 1. The molecule has 1 aromatic carbocycles. The molecule has 1 heteroatoms. The summed E-state index contributed by atoms with van der Waals surface area (Å²) in [5.41, 5.74) is 4.39. The van der Waals surface area contributed by atoms with Crippen molar-refractivity contribution in [1.82, 2.24) is 0 Å². The van der Waals surface area contributed by atoms with Crippen molar-refractivity contribution in [2.45, 2.75) is 45.6 Å². The van der Waals surface area contributed by atoms with E-state index in [0.29, 0.717) is 5.92 Å². The first kappa shape index (κ1) is 9.57. The van der Waals surface area contributed by atoms with E-state index < -0.39 is 0 Å². The van der Waals surface area contributed by atoms with Gasteiger partial charge < -0.3 is 5.32 Å². The van der Waals surface area contributed by atoms with Gasteiger partial charge in [-0.05, 0) is 37.5 Å². The molecule has 76 valence electrons. The number of aryl methyl sites for hydroxylation is 1. The average molecular weight is 189 g/mol. The van der Waals surface area contributed by atoms with Crippen molar-refractivity contribution in [3.8, 4) is 0 Å². The van der Waals surface area contributed by atoms with Gasteiger partial charge in [-0.15, -0.1) is 0 Å². The lowest BCUT2D eigenvalue weighted by molar-refractivity contribution is 0.443. The third kappa shape index (κ3) is 1.23. The van der Waals surface area contributed by atoms with Crippen LogP contribution in [0.3, 0.4) is 0 Å². The van der Waals surface area contributed by atoms with E-state index in [9.17, 15) is 0 Å². The molecule has 0 radical (unpaired) electrons. The first-order valence-electron chi connectivity index (χ1n) is 5.45. The fraction of sp³-hybridized carbons (Fsp3) is 0.538. The Balaban J connectivity index is 2.45. The van der Waals surface area contributed by atoms with Gasteiger partial charge in [0.05, 0.1) is 0 Å². The highest BCUT2D eigenvalue weighted by Gasteiger charge is 2.37. The lowest BCUT2D eigenvalue weighted by atomic mass is 9.84. The van der Waals surface area contributed by atoms with E-state index in [1.165, 1.54) is 23.2 Å². The zero-order valence-corrected chi connectivity index (χ0v) is 9.52. The van der Waals surface area contributed by atoms with Crippen LogP contribution in [-0.2, 0) is 0 Å². The normalized spacial score (nSPS) is 29.9. The highest BCUT2D eigenvalue weighted by molar-refractivity contribution is 5.62. The molecule has 2 rings (SSSR count). The van der Waals surface area contributed by atoms with Crippen molar-refractivity contribution in [2.24, 2.45) is 0 Å². The van der Waals surface area contributed by atoms with Crippen molar-refractivity contribution in [2.75, 3.05) is 5.32 Å². The molecular formula is C13H19N. The molecule has 1 aliphatic heterocycles. The molecule has 0 spiro atoms. The van der Waals surface area contributed by atoms with Gasteiger partial charge in [-0.1, -0.05) is 26.0 Å². The summed E-state index contributed by atoms with van der Waals surface area (Å²) in [4.78, 5) is 0. The highest BCUT2D eigenvalue weighted by atomic mass is 15.0. The lowest BCUT2D eigenvalue weighted by Crippen LogP contribution is -2.33. The van der Waals surface area contributed by atoms with Gasteiger partial charge >= 0.3 is 0 Å².